The van der Waals surface area contributed by atoms with Crippen LogP contribution in [0.25, 0.3) is 0 Å². The Kier molecular flexibility index (Phi) is 5.35. The van der Waals surface area contributed by atoms with E-state index in [1.165, 1.54) is 6.92 Å². The van der Waals surface area contributed by atoms with Gasteiger partial charge in [-0.3, -0.25) is 9.09 Å². The highest BCUT2D eigenvalue weighted by Crippen LogP contribution is 2.44. The van der Waals surface area contributed by atoms with Crippen LogP contribution in [-0.2, 0) is 13.9 Å². The smallest absolute Gasteiger partial charge is 0.352 e. The molecular formula is C9H18NO5P. The number of carbonyl (C=O) groups is 1. The predicted molar refractivity (Wildman–Crippen MR) is 57.4 cm³/mol. The minimum atomic E-state index is -3.98. The summed E-state index contributed by atoms with van der Waals surface area (Å²) in [7, 11) is 1.75. The van der Waals surface area contributed by atoms with Gasteiger partial charge in [0.25, 0.3) is 0 Å². The molecular weight excluding hydrogens is 233 g/mol. The van der Waals surface area contributed by atoms with E-state index >= 15 is 0 Å². The highest BCUT2D eigenvalue weighted by molar-refractivity contribution is 7.56. The van der Waals surface area contributed by atoms with E-state index in [2.05, 4.69) is 0 Å². The fourth-order valence-electron chi connectivity index (χ4n) is 0.780. The van der Waals surface area contributed by atoms with Gasteiger partial charge in [0.15, 0.2) is 0 Å². The van der Waals surface area contributed by atoms with Crippen LogP contribution in [0.4, 0.5) is 0 Å². The molecule has 0 aliphatic carbocycles. The maximum Gasteiger partial charge on any atom is 0.352 e. The van der Waals surface area contributed by atoms with E-state index in [0.717, 1.165) is 0 Å². The van der Waals surface area contributed by atoms with Crippen LogP contribution in [0.2, 0.25) is 0 Å². The minimum absolute atomic E-state index is 0.0775. The van der Waals surface area contributed by atoms with Crippen molar-refractivity contribution in [1.82, 2.24) is 0 Å². The van der Waals surface area contributed by atoms with Crippen molar-refractivity contribution in [3.8, 4) is 0 Å². The Morgan fingerprint density at radius 2 is 2.00 bits per heavy atom. The van der Waals surface area contributed by atoms with E-state index in [4.69, 9.17) is 4.52 Å². The first-order valence-electron chi connectivity index (χ1n) is 4.72. The quantitative estimate of drug-likeness (QED) is 0.392. The first kappa shape index (κ1) is 15.3. The van der Waals surface area contributed by atoms with Gasteiger partial charge in [0.05, 0.1) is 27.1 Å². The molecule has 94 valence electrons. The van der Waals surface area contributed by atoms with Crippen LogP contribution in [0.1, 0.15) is 6.92 Å². The summed E-state index contributed by atoms with van der Waals surface area (Å²) in [5.74, 6) is -0.790. The molecule has 0 aromatic carbocycles. The molecule has 6 nitrogen and oxygen atoms in total. The molecule has 0 radical (unpaired) electrons. The van der Waals surface area contributed by atoms with Gasteiger partial charge in [-0.15, -0.1) is 0 Å². The summed E-state index contributed by atoms with van der Waals surface area (Å²) in [5, 5.41) is 10.3. The van der Waals surface area contributed by atoms with Crippen LogP contribution in [0.5, 0.6) is 0 Å². The highest BCUT2D eigenvalue weighted by Gasteiger charge is 2.18. The molecule has 1 N–H and O–H groups in total. The van der Waals surface area contributed by atoms with Gasteiger partial charge < -0.3 is 19.3 Å². The van der Waals surface area contributed by atoms with Gasteiger partial charge in [0.1, 0.15) is 13.2 Å². The van der Waals surface area contributed by atoms with Gasteiger partial charge >= 0.3 is 7.60 Å². The third-order valence-corrected chi connectivity index (χ3v) is 2.98. The van der Waals surface area contributed by atoms with Crippen LogP contribution < -0.4 is 5.11 Å². The van der Waals surface area contributed by atoms with Crippen molar-refractivity contribution < 1.29 is 28.4 Å². The van der Waals surface area contributed by atoms with Crippen molar-refractivity contribution in [2.75, 3.05) is 34.3 Å². The van der Waals surface area contributed by atoms with Gasteiger partial charge in [-0.05, 0) is 12.5 Å². The summed E-state index contributed by atoms with van der Waals surface area (Å²) in [6.07, 6.45) is 0. The van der Waals surface area contributed by atoms with Crippen LogP contribution >= 0.6 is 7.60 Å². The monoisotopic (exact) mass is 251 g/mol. The fourth-order valence-corrected chi connectivity index (χ4v) is 1.79. The van der Waals surface area contributed by atoms with Gasteiger partial charge in [-0.2, -0.15) is 0 Å². The standard InChI is InChI=1S/C9H18NO5P/c1-8(9(11)12)7-16(13,14)15-6-5-10(2,3)4/h7H,5-6H2,1-4H3,(H-,11,12,13,14). The fraction of sp³-hybridized carbons (Fsp3) is 0.667. The van der Waals surface area contributed by atoms with E-state index in [-0.39, 0.29) is 12.2 Å². The van der Waals surface area contributed by atoms with Gasteiger partial charge in [-0.1, -0.05) is 0 Å². The number of carboxylic acids is 1. The molecule has 1 atom stereocenters. The summed E-state index contributed by atoms with van der Waals surface area (Å²) >= 11 is 0. The van der Waals surface area contributed by atoms with Crippen molar-refractivity contribution in [3.63, 3.8) is 0 Å². The molecule has 0 saturated heterocycles. The van der Waals surface area contributed by atoms with Crippen molar-refractivity contribution in [2.45, 2.75) is 6.92 Å². The zero-order valence-electron chi connectivity index (χ0n) is 9.97. The number of hydrogen-bond acceptors (Lipinski definition) is 4. The lowest BCUT2D eigenvalue weighted by molar-refractivity contribution is -0.870. The molecule has 0 aliphatic rings. The Hall–Kier alpha value is -0.680. The molecule has 0 aromatic heterocycles. The Balaban J connectivity index is 4.32. The zero-order valence-corrected chi connectivity index (χ0v) is 10.9. The molecule has 16 heavy (non-hydrogen) atoms. The van der Waals surface area contributed by atoms with E-state index in [9.17, 15) is 19.4 Å². The number of carboxylic acid groups (broad SMARTS) is 1. The number of hydrogen-bond donors (Lipinski definition) is 1. The van der Waals surface area contributed by atoms with Gasteiger partial charge in [0.2, 0.25) is 0 Å². The van der Waals surface area contributed by atoms with Crippen molar-refractivity contribution in [3.05, 3.63) is 11.4 Å². The Morgan fingerprint density at radius 3 is 2.38 bits per heavy atom. The molecule has 0 bridgehead atoms. The first-order chi connectivity index (χ1) is 7.03. The average molecular weight is 251 g/mol. The molecule has 0 aromatic rings. The molecule has 0 fully saturated rings. The van der Waals surface area contributed by atoms with Gasteiger partial charge in [-0.25, -0.2) is 0 Å². The normalized spacial score (nSPS) is 16.9. The average Bonchev–Trinajstić information content (AvgIpc) is 1.99. The lowest BCUT2D eigenvalue weighted by atomic mass is 10.4. The summed E-state index contributed by atoms with van der Waals surface area (Å²) in [5.41, 5.74) is -0.309. The number of rotatable bonds is 6. The molecule has 7 heteroatoms. The Morgan fingerprint density at radius 1 is 1.50 bits per heavy atom. The molecule has 0 spiro atoms. The third-order valence-electron chi connectivity index (χ3n) is 1.72. The topological polar surface area (TPSA) is 86.7 Å². The lowest BCUT2D eigenvalue weighted by Crippen LogP contribution is -2.37. The van der Waals surface area contributed by atoms with Crippen molar-refractivity contribution in [2.24, 2.45) is 0 Å². The number of quaternary nitrogens is 1. The molecule has 0 saturated carbocycles. The maximum absolute atomic E-state index is 11.4. The van der Waals surface area contributed by atoms with Crippen LogP contribution in [0.15, 0.2) is 11.4 Å². The highest BCUT2D eigenvalue weighted by atomic mass is 31.2. The van der Waals surface area contributed by atoms with Crippen molar-refractivity contribution >= 4 is 13.6 Å². The second-order valence-corrected chi connectivity index (χ2v) is 6.16. The third kappa shape index (κ3) is 7.59. The second kappa shape index (κ2) is 5.59. The molecule has 1 unspecified atom stereocenters. The minimum Gasteiger partial charge on any atom is -0.545 e. The zero-order chi connectivity index (χ0) is 13.0. The van der Waals surface area contributed by atoms with Gasteiger partial charge in [0, 0.05) is 5.82 Å². The molecule has 0 aliphatic heterocycles. The summed E-state index contributed by atoms with van der Waals surface area (Å²) in [4.78, 5) is 19.6. The number of carbonyl (C=O) groups excluding carboxylic acids is 1. The first-order valence-corrected chi connectivity index (χ1v) is 6.36. The SMILES string of the molecule is CC(=CP(=O)(O)OCC[N+](C)(C)C)C(=O)[O-]. The summed E-state index contributed by atoms with van der Waals surface area (Å²) in [6.45, 7) is 1.80. The van der Waals surface area contributed by atoms with Crippen molar-refractivity contribution in [1.29, 1.82) is 0 Å². The van der Waals surface area contributed by atoms with Crippen LogP contribution in [0.3, 0.4) is 0 Å². The van der Waals surface area contributed by atoms with E-state index < -0.39 is 13.6 Å². The van der Waals surface area contributed by atoms with Crippen LogP contribution in [0, 0.1) is 0 Å². The van der Waals surface area contributed by atoms with Crippen LogP contribution in [-0.4, -0.2) is 49.6 Å². The molecule has 0 amide bonds. The Labute approximate surface area is 95.3 Å². The molecule has 0 rings (SSSR count). The largest absolute Gasteiger partial charge is 0.545 e. The van der Waals surface area contributed by atoms with E-state index in [1.54, 1.807) is 0 Å². The number of aliphatic carboxylic acids is 1. The lowest BCUT2D eigenvalue weighted by Gasteiger charge is -2.23. The molecule has 0 heterocycles. The summed E-state index contributed by atoms with van der Waals surface area (Å²) in [6, 6.07) is 0. The second-order valence-electron chi connectivity index (χ2n) is 4.51. The van der Waals surface area contributed by atoms with E-state index in [0.29, 0.717) is 16.8 Å². The Bertz CT molecular complexity index is 331. The van der Waals surface area contributed by atoms with E-state index in [1.807, 2.05) is 21.1 Å². The predicted octanol–water partition coefficient (Wildman–Crippen LogP) is -0.452. The maximum atomic E-state index is 11.4. The number of likely N-dealkylation sites (N-methyl/N-ethyl adjacent to an activating group) is 1. The number of nitrogens with zero attached hydrogens (tertiary/aromatic N) is 1. The summed E-state index contributed by atoms with van der Waals surface area (Å²) < 4.78 is 16.7.